The molecule has 4 aromatic carbocycles. The van der Waals surface area contributed by atoms with Crippen molar-refractivity contribution in [2.24, 2.45) is 0 Å². The molecule has 0 fully saturated rings. The van der Waals surface area contributed by atoms with Gasteiger partial charge in [-0.1, -0.05) is 31.9 Å². The number of aliphatic hydroxyl groups is 2. The van der Waals surface area contributed by atoms with Gasteiger partial charge in [-0.3, -0.25) is 29.8 Å². The number of nitro groups is 2. The Bertz CT molecular complexity index is 1720. The summed E-state index contributed by atoms with van der Waals surface area (Å²) in [5, 5.41) is 47.3. The van der Waals surface area contributed by atoms with Gasteiger partial charge in [-0.15, -0.1) is 0 Å². The van der Waals surface area contributed by atoms with Gasteiger partial charge in [-0.2, -0.15) is 0 Å². The van der Waals surface area contributed by atoms with Gasteiger partial charge in [-0.05, 0) is 100 Å². The Kier molecular flexibility index (Phi) is 13.6. The van der Waals surface area contributed by atoms with E-state index in [1.165, 1.54) is 50.2 Å². The van der Waals surface area contributed by atoms with E-state index in [0.29, 0.717) is 34.0 Å². The lowest BCUT2D eigenvalue weighted by Gasteiger charge is -2.22. The highest BCUT2D eigenvalue weighted by Crippen LogP contribution is 2.25. The zero-order valence-corrected chi connectivity index (χ0v) is 30.5. The van der Waals surface area contributed by atoms with E-state index in [-0.39, 0.29) is 24.6 Å². The van der Waals surface area contributed by atoms with E-state index in [2.05, 4.69) is 42.5 Å². The number of rotatable bonds is 12. The van der Waals surface area contributed by atoms with Crippen LogP contribution in [0.25, 0.3) is 0 Å². The maximum Gasteiger partial charge on any atom is 0.272 e. The summed E-state index contributed by atoms with van der Waals surface area (Å²) in [6.07, 6.45) is 0. The summed E-state index contributed by atoms with van der Waals surface area (Å²) >= 11 is 6.61. The largest absolute Gasteiger partial charge is 0.490 e. The fraction of sp³-hybridized carbons (Fsp3) is 0.235. The molecule has 0 heterocycles. The summed E-state index contributed by atoms with van der Waals surface area (Å²) in [5.41, 5.74) is -2.09. The summed E-state index contributed by atoms with van der Waals surface area (Å²) in [6, 6.07) is 22.3. The Morgan fingerprint density at radius 3 is 1.26 bits per heavy atom. The van der Waals surface area contributed by atoms with Gasteiger partial charge in [-0.25, -0.2) is 0 Å². The standard InChI is InChI=1S/2C17H17BrN2O5/c2*1-11-9-13(5-8-15(11)20(23)24)19-16(21)17(2,22)10-25-14-6-3-12(18)4-7-14/h2*3-9,22H,10H2,1-2H3,(H,19,21). The number of halogens is 2. The van der Waals surface area contributed by atoms with Gasteiger partial charge >= 0.3 is 0 Å². The lowest BCUT2D eigenvalue weighted by atomic mass is 10.1. The summed E-state index contributed by atoms with van der Waals surface area (Å²) < 4.78 is 12.6. The topological polar surface area (TPSA) is 203 Å². The molecule has 2 amide bonds. The third-order valence-electron chi connectivity index (χ3n) is 6.95. The zero-order valence-electron chi connectivity index (χ0n) is 27.3. The van der Waals surface area contributed by atoms with Crippen molar-refractivity contribution < 1.29 is 39.1 Å². The number of ether oxygens (including phenoxy) is 2. The highest BCUT2D eigenvalue weighted by atomic mass is 79.9. The number of nitrogens with zero attached hydrogens (tertiary/aromatic N) is 2. The Hall–Kier alpha value is -4.90. The number of carbonyl (C=O) groups is 2. The van der Waals surface area contributed by atoms with Gasteiger partial charge in [0, 0.05) is 43.6 Å². The number of aryl methyl sites for hydroxylation is 2. The van der Waals surface area contributed by atoms with Crippen molar-refractivity contribution in [3.05, 3.63) is 125 Å². The van der Waals surface area contributed by atoms with Crippen molar-refractivity contribution in [1.29, 1.82) is 0 Å². The number of nitrogens with one attached hydrogen (secondary N) is 2. The number of nitro benzene ring substituents is 2. The van der Waals surface area contributed by atoms with Gasteiger partial charge in [0.1, 0.15) is 24.7 Å². The van der Waals surface area contributed by atoms with Crippen molar-refractivity contribution in [1.82, 2.24) is 0 Å². The van der Waals surface area contributed by atoms with Gasteiger partial charge < -0.3 is 30.3 Å². The van der Waals surface area contributed by atoms with Crippen LogP contribution >= 0.6 is 31.9 Å². The molecule has 14 nitrogen and oxygen atoms in total. The van der Waals surface area contributed by atoms with E-state index in [1.807, 2.05) is 0 Å². The van der Waals surface area contributed by atoms with Gasteiger partial charge in [0.25, 0.3) is 23.2 Å². The summed E-state index contributed by atoms with van der Waals surface area (Å²) in [7, 11) is 0. The monoisotopic (exact) mass is 816 g/mol. The van der Waals surface area contributed by atoms with Crippen LogP contribution in [0.15, 0.2) is 93.9 Å². The Balaban J connectivity index is 0.000000270. The number of anilines is 2. The predicted molar refractivity (Wildman–Crippen MR) is 193 cm³/mol. The van der Waals surface area contributed by atoms with E-state index >= 15 is 0 Å². The highest BCUT2D eigenvalue weighted by Gasteiger charge is 2.33. The second-order valence-corrected chi connectivity index (χ2v) is 13.3. The van der Waals surface area contributed by atoms with Crippen LogP contribution in [-0.4, -0.2) is 56.3 Å². The molecule has 0 aliphatic carbocycles. The van der Waals surface area contributed by atoms with Crippen LogP contribution in [0.4, 0.5) is 22.7 Å². The molecular weight excluding hydrogens is 784 g/mol. The van der Waals surface area contributed by atoms with Crippen molar-refractivity contribution in [2.75, 3.05) is 23.8 Å². The van der Waals surface area contributed by atoms with Crippen molar-refractivity contribution >= 4 is 66.4 Å². The molecule has 0 saturated carbocycles. The second-order valence-electron chi connectivity index (χ2n) is 11.5. The zero-order chi connectivity index (χ0) is 37.2. The molecule has 0 saturated heterocycles. The van der Waals surface area contributed by atoms with Crippen LogP contribution in [0, 0.1) is 34.1 Å². The Morgan fingerprint density at radius 1 is 0.660 bits per heavy atom. The number of hydrogen-bond acceptors (Lipinski definition) is 10. The third-order valence-corrected chi connectivity index (χ3v) is 8.01. The SMILES string of the molecule is Cc1cc(NC(=O)C(C)(O)COc2ccc(Br)cc2)ccc1[N+](=O)[O-].Cc1cc(NC(=O)C(C)(O)COc2ccc(Br)cc2)ccc1[N+](=O)[O-]. The normalized spacial score (nSPS) is 13.0. The average molecular weight is 818 g/mol. The minimum atomic E-state index is -1.78. The molecular formula is C34H34Br2N4O10. The van der Waals surface area contributed by atoms with E-state index in [0.717, 1.165) is 8.95 Å². The van der Waals surface area contributed by atoms with Crippen LogP contribution < -0.4 is 20.1 Å². The fourth-order valence-corrected chi connectivity index (χ4v) is 4.58. The molecule has 4 rings (SSSR count). The fourth-order valence-electron chi connectivity index (χ4n) is 4.05. The molecule has 0 aliphatic rings. The van der Waals surface area contributed by atoms with Gasteiger partial charge in [0.05, 0.1) is 9.85 Å². The summed E-state index contributed by atoms with van der Waals surface area (Å²) in [5.74, 6) is -0.305. The van der Waals surface area contributed by atoms with Gasteiger partial charge in [0.15, 0.2) is 11.2 Å². The molecule has 0 bridgehead atoms. The first-order valence-corrected chi connectivity index (χ1v) is 16.3. The minimum Gasteiger partial charge on any atom is -0.490 e. The highest BCUT2D eigenvalue weighted by molar-refractivity contribution is 9.10. The van der Waals surface area contributed by atoms with Gasteiger partial charge in [0.2, 0.25) is 0 Å². The first-order chi connectivity index (χ1) is 23.4. The van der Waals surface area contributed by atoms with Crippen LogP contribution in [0.2, 0.25) is 0 Å². The van der Waals surface area contributed by atoms with E-state index in [4.69, 9.17) is 9.47 Å². The van der Waals surface area contributed by atoms with Crippen LogP contribution in [0.3, 0.4) is 0 Å². The lowest BCUT2D eigenvalue weighted by molar-refractivity contribution is -0.385. The molecule has 0 radical (unpaired) electrons. The summed E-state index contributed by atoms with van der Waals surface area (Å²) in [6.45, 7) is 5.32. The van der Waals surface area contributed by atoms with E-state index < -0.39 is 32.9 Å². The third kappa shape index (κ3) is 11.6. The summed E-state index contributed by atoms with van der Waals surface area (Å²) in [4.78, 5) is 45.1. The first kappa shape index (κ1) is 39.5. The van der Waals surface area contributed by atoms with Crippen LogP contribution in [0.1, 0.15) is 25.0 Å². The Morgan fingerprint density at radius 2 is 0.980 bits per heavy atom. The van der Waals surface area contributed by atoms with Crippen molar-refractivity contribution in [3.63, 3.8) is 0 Å². The van der Waals surface area contributed by atoms with Crippen molar-refractivity contribution in [3.8, 4) is 11.5 Å². The molecule has 50 heavy (non-hydrogen) atoms. The lowest BCUT2D eigenvalue weighted by Crippen LogP contribution is -2.45. The number of hydrogen-bond donors (Lipinski definition) is 4. The average Bonchev–Trinajstić information content (AvgIpc) is 3.04. The Labute approximate surface area is 304 Å². The molecule has 2 atom stereocenters. The predicted octanol–water partition coefficient (Wildman–Crippen LogP) is 6.87. The van der Waals surface area contributed by atoms with E-state index in [1.54, 1.807) is 62.4 Å². The first-order valence-electron chi connectivity index (χ1n) is 14.7. The smallest absolute Gasteiger partial charge is 0.272 e. The number of carbonyl (C=O) groups excluding carboxylic acids is 2. The number of benzene rings is 4. The van der Waals surface area contributed by atoms with Crippen molar-refractivity contribution in [2.45, 2.75) is 38.9 Å². The molecule has 2 unspecified atom stereocenters. The molecule has 4 N–H and O–H groups in total. The minimum absolute atomic E-state index is 0.0386. The second kappa shape index (κ2) is 17.2. The van der Waals surface area contributed by atoms with Crippen LogP contribution in [0.5, 0.6) is 11.5 Å². The van der Waals surface area contributed by atoms with E-state index in [9.17, 15) is 40.0 Å². The number of amides is 2. The molecule has 264 valence electrons. The maximum atomic E-state index is 12.3. The molecule has 0 aliphatic heterocycles. The quantitative estimate of drug-likeness (QED) is 0.0863. The molecule has 0 spiro atoms. The molecule has 16 heteroatoms. The molecule has 4 aromatic rings. The molecule has 0 aromatic heterocycles. The van der Waals surface area contributed by atoms with Crippen LogP contribution in [-0.2, 0) is 9.59 Å². The maximum absolute atomic E-state index is 12.3.